The lowest BCUT2D eigenvalue weighted by molar-refractivity contribution is 0.0697. The summed E-state index contributed by atoms with van der Waals surface area (Å²) < 4.78 is 40.4. The predicted molar refractivity (Wildman–Crippen MR) is 103 cm³/mol. The Hall–Kier alpha value is -1.38. The summed E-state index contributed by atoms with van der Waals surface area (Å²) in [5.41, 5.74) is -0.00952. The van der Waals surface area contributed by atoms with E-state index in [2.05, 4.69) is 0 Å². The number of nitrogens with zero attached hydrogens (tertiary/aromatic N) is 2. The first kappa shape index (κ1) is 20.4. The number of sulfonamides is 1. The molecule has 0 bridgehead atoms. The summed E-state index contributed by atoms with van der Waals surface area (Å²) in [6.07, 6.45) is 0. The first-order chi connectivity index (χ1) is 12.7. The summed E-state index contributed by atoms with van der Waals surface area (Å²) in [7, 11) is -3.71. The molecule has 1 fully saturated rings. The van der Waals surface area contributed by atoms with Crippen LogP contribution in [0.1, 0.15) is 10.4 Å². The lowest BCUT2D eigenvalue weighted by Gasteiger charge is -2.34. The van der Waals surface area contributed by atoms with Gasteiger partial charge >= 0.3 is 0 Å². The van der Waals surface area contributed by atoms with Crippen molar-refractivity contribution in [2.75, 3.05) is 26.2 Å². The molecule has 2 aromatic carbocycles. The second-order valence-corrected chi connectivity index (χ2v) is 9.09. The predicted octanol–water partition coefficient (Wildman–Crippen LogP) is 3.93. The van der Waals surface area contributed by atoms with Crippen molar-refractivity contribution in [1.29, 1.82) is 0 Å². The minimum absolute atomic E-state index is 0.00952. The van der Waals surface area contributed by atoms with Gasteiger partial charge in [-0.05, 0) is 30.3 Å². The summed E-state index contributed by atoms with van der Waals surface area (Å²) in [4.78, 5) is 14.1. The molecule has 1 aliphatic rings. The SMILES string of the molecule is O=C(c1cc(F)c(Cl)cc1Cl)N1CCN(S(=O)(=O)c2cccc(Cl)c2)CC1. The first-order valence-electron chi connectivity index (χ1n) is 7.89. The van der Waals surface area contributed by atoms with Crippen LogP contribution in [0.2, 0.25) is 15.1 Å². The molecular weight excluding hydrogens is 438 g/mol. The van der Waals surface area contributed by atoms with Gasteiger partial charge in [-0.1, -0.05) is 40.9 Å². The van der Waals surface area contributed by atoms with Crippen LogP contribution < -0.4 is 0 Å². The third-order valence-corrected chi connectivity index (χ3v) is 6.93. The molecule has 0 aromatic heterocycles. The molecule has 1 aliphatic heterocycles. The van der Waals surface area contributed by atoms with Crippen LogP contribution in [0.25, 0.3) is 0 Å². The van der Waals surface area contributed by atoms with Gasteiger partial charge in [0.1, 0.15) is 5.82 Å². The molecule has 144 valence electrons. The number of hydrogen-bond donors (Lipinski definition) is 0. The van der Waals surface area contributed by atoms with Gasteiger partial charge in [-0.15, -0.1) is 0 Å². The van der Waals surface area contributed by atoms with Crippen molar-refractivity contribution in [3.8, 4) is 0 Å². The second kappa shape index (κ2) is 7.93. The van der Waals surface area contributed by atoms with E-state index in [9.17, 15) is 17.6 Å². The normalized spacial score (nSPS) is 15.8. The van der Waals surface area contributed by atoms with Crippen molar-refractivity contribution < 1.29 is 17.6 Å². The van der Waals surface area contributed by atoms with Gasteiger partial charge in [0, 0.05) is 31.2 Å². The monoisotopic (exact) mass is 450 g/mol. The van der Waals surface area contributed by atoms with Gasteiger partial charge < -0.3 is 4.90 Å². The fourth-order valence-electron chi connectivity index (χ4n) is 2.76. The summed E-state index contributed by atoms with van der Waals surface area (Å²) in [5, 5.41) is 0.193. The number of rotatable bonds is 3. The summed E-state index contributed by atoms with van der Waals surface area (Å²) >= 11 is 17.5. The standard InChI is InChI=1S/C17H14Cl3FN2O3S/c18-11-2-1-3-12(8-11)27(25,26)23-6-4-22(5-7-23)17(24)13-9-16(21)15(20)10-14(13)19/h1-3,8-10H,4-7H2. The molecule has 0 aliphatic carbocycles. The van der Waals surface area contributed by atoms with Crippen LogP contribution in [0.4, 0.5) is 4.39 Å². The highest BCUT2D eigenvalue weighted by molar-refractivity contribution is 7.89. The number of piperazine rings is 1. The summed E-state index contributed by atoms with van der Waals surface area (Å²) in [5.74, 6) is -1.22. The van der Waals surface area contributed by atoms with Crippen LogP contribution >= 0.6 is 34.8 Å². The smallest absolute Gasteiger partial charge is 0.255 e. The molecule has 10 heteroatoms. The van der Waals surface area contributed by atoms with Crippen molar-refractivity contribution in [3.05, 3.63) is 62.8 Å². The summed E-state index contributed by atoms with van der Waals surface area (Å²) in [6, 6.07) is 8.16. The van der Waals surface area contributed by atoms with Gasteiger partial charge in [-0.3, -0.25) is 4.79 Å². The van der Waals surface area contributed by atoms with E-state index in [1.165, 1.54) is 27.4 Å². The van der Waals surface area contributed by atoms with Gasteiger partial charge in [-0.2, -0.15) is 4.31 Å². The van der Waals surface area contributed by atoms with Gasteiger partial charge in [0.15, 0.2) is 0 Å². The van der Waals surface area contributed by atoms with Crippen LogP contribution in [0.15, 0.2) is 41.3 Å². The maximum atomic E-state index is 13.7. The van der Waals surface area contributed by atoms with Gasteiger partial charge in [0.2, 0.25) is 10.0 Å². The van der Waals surface area contributed by atoms with Crippen LogP contribution in [0.3, 0.4) is 0 Å². The lowest BCUT2D eigenvalue weighted by atomic mass is 10.1. The highest BCUT2D eigenvalue weighted by Gasteiger charge is 2.31. The molecule has 3 rings (SSSR count). The van der Waals surface area contributed by atoms with Crippen LogP contribution in [-0.2, 0) is 10.0 Å². The zero-order valence-electron chi connectivity index (χ0n) is 13.8. The molecule has 0 saturated carbocycles. The van der Waals surface area contributed by atoms with E-state index in [1.54, 1.807) is 12.1 Å². The number of halogens is 4. The maximum Gasteiger partial charge on any atom is 0.255 e. The molecular formula is C17H14Cl3FN2O3S. The van der Waals surface area contributed by atoms with E-state index < -0.39 is 21.7 Å². The molecule has 0 radical (unpaired) electrons. The van der Waals surface area contributed by atoms with Crippen LogP contribution in [-0.4, -0.2) is 49.7 Å². The molecule has 1 heterocycles. The highest BCUT2D eigenvalue weighted by atomic mass is 35.5. The van der Waals surface area contributed by atoms with E-state index in [-0.39, 0.29) is 46.7 Å². The third-order valence-electron chi connectivity index (χ3n) is 4.20. The van der Waals surface area contributed by atoms with Crippen molar-refractivity contribution in [3.63, 3.8) is 0 Å². The fourth-order valence-corrected chi connectivity index (χ4v) is 4.95. The van der Waals surface area contributed by atoms with E-state index in [4.69, 9.17) is 34.8 Å². The Balaban J connectivity index is 1.74. The van der Waals surface area contributed by atoms with E-state index in [1.807, 2.05) is 0 Å². The quantitative estimate of drug-likeness (QED) is 0.664. The van der Waals surface area contributed by atoms with E-state index in [0.29, 0.717) is 5.02 Å². The molecule has 0 unspecified atom stereocenters. The van der Waals surface area contributed by atoms with Crippen molar-refractivity contribution >= 4 is 50.7 Å². The zero-order valence-corrected chi connectivity index (χ0v) is 16.9. The largest absolute Gasteiger partial charge is 0.336 e. The fraction of sp³-hybridized carbons (Fsp3) is 0.235. The Labute approximate surface area is 171 Å². The van der Waals surface area contributed by atoms with E-state index >= 15 is 0 Å². The van der Waals surface area contributed by atoms with Crippen LogP contribution in [0.5, 0.6) is 0 Å². The zero-order chi connectivity index (χ0) is 19.8. The molecule has 0 N–H and O–H groups in total. The molecule has 1 saturated heterocycles. The van der Waals surface area contributed by atoms with Crippen LogP contribution in [0, 0.1) is 5.82 Å². The van der Waals surface area contributed by atoms with Gasteiger partial charge in [0.25, 0.3) is 5.91 Å². The third kappa shape index (κ3) is 4.22. The highest BCUT2D eigenvalue weighted by Crippen LogP contribution is 2.26. The van der Waals surface area contributed by atoms with Crippen molar-refractivity contribution in [2.45, 2.75) is 4.90 Å². The topological polar surface area (TPSA) is 57.7 Å². The number of benzene rings is 2. The molecule has 0 atom stereocenters. The number of carbonyl (C=O) groups is 1. The molecule has 2 aromatic rings. The number of carbonyl (C=O) groups excluding carboxylic acids is 1. The Morgan fingerprint density at radius 2 is 1.63 bits per heavy atom. The molecule has 27 heavy (non-hydrogen) atoms. The van der Waals surface area contributed by atoms with Gasteiger partial charge in [-0.25, -0.2) is 12.8 Å². The minimum Gasteiger partial charge on any atom is -0.336 e. The Morgan fingerprint density at radius 1 is 0.963 bits per heavy atom. The van der Waals surface area contributed by atoms with E-state index in [0.717, 1.165) is 6.07 Å². The minimum atomic E-state index is -3.71. The average molecular weight is 452 g/mol. The second-order valence-electron chi connectivity index (χ2n) is 5.90. The Bertz CT molecular complexity index is 993. The molecule has 0 spiro atoms. The molecule has 1 amide bonds. The number of amides is 1. The average Bonchev–Trinajstić information content (AvgIpc) is 2.64. The lowest BCUT2D eigenvalue weighted by Crippen LogP contribution is -2.50. The first-order valence-corrected chi connectivity index (χ1v) is 10.5. The Morgan fingerprint density at radius 3 is 2.26 bits per heavy atom. The summed E-state index contributed by atoms with van der Waals surface area (Å²) in [6.45, 7) is 0.515. The maximum absolute atomic E-state index is 13.7. The van der Waals surface area contributed by atoms with Crippen molar-refractivity contribution in [1.82, 2.24) is 9.21 Å². The number of hydrogen-bond acceptors (Lipinski definition) is 3. The Kier molecular flexibility index (Phi) is 5.98. The van der Waals surface area contributed by atoms with Crippen molar-refractivity contribution in [2.24, 2.45) is 0 Å². The van der Waals surface area contributed by atoms with Gasteiger partial charge in [0.05, 0.1) is 20.5 Å². The molecule has 5 nitrogen and oxygen atoms in total.